The molecule has 0 saturated carbocycles. The Labute approximate surface area is 129 Å². The maximum absolute atomic E-state index is 12.3. The maximum atomic E-state index is 12.3. The molecule has 0 aliphatic rings. The number of imidazole rings is 1. The van der Waals surface area contributed by atoms with Crippen molar-refractivity contribution in [1.29, 1.82) is 0 Å². The summed E-state index contributed by atoms with van der Waals surface area (Å²) in [5.41, 5.74) is 6.53. The van der Waals surface area contributed by atoms with Gasteiger partial charge in [0.05, 0.1) is 0 Å². The molecule has 0 aliphatic heterocycles. The molecule has 0 atom stereocenters. The first-order valence-corrected chi connectivity index (χ1v) is 8.19. The third-order valence-corrected chi connectivity index (χ3v) is 4.46. The van der Waals surface area contributed by atoms with Gasteiger partial charge in [0.15, 0.2) is 5.03 Å². The number of nitrogens with one attached hydrogen (secondary N) is 1. The van der Waals surface area contributed by atoms with Gasteiger partial charge in [0.25, 0.3) is 10.0 Å². The summed E-state index contributed by atoms with van der Waals surface area (Å²) in [6.45, 7) is 4.34. The van der Waals surface area contributed by atoms with Crippen LogP contribution >= 0.6 is 12.2 Å². The summed E-state index contributed by atoms with van der Waals surface area (Å²) in [5, 5.41) is -0.0115. The van der Waals surface area contributed by atoms with E-state index in [9.17, 15) is 8.42 Å². The fourth-order valence-electron chi connectivity index (χ4n) is 1.87. The average molecular weight is 324 g/mol. The van der Waals surface area contributed by atoms with Gasteiger partial charge < -0.3 is 10.3 Å². The molecule has 2 rings (SSSR count). The molecular weight excluding hydrogens is 308 g/mol. The molecule has 8 heteroatoms. The number of benzene rings is 1. The van der Waals surface area contributed by atoms with E-state index in [1.165, 1.54) is 6.20 Å². The fraction of sp³-hybridized carbons (Fsp3) is 0.231. The predicted molar refractivity (Wildman–Crippen MR) is 85.8 cm³/mol. The van der Waals surface area contributed by atoms with Gasteiger partial charge in [-0.25, -0.2) is 4.98 Å². The van der Waals surface area contributed by atoms with E-state index in [1.807, 2.05) is 6.92 Å². The maximum Gasteiger partial charge on any atom is 0.280 e. The zero-order chi connectivity index (χ0) is 15.6. The molecular formula is C13H16N4O2S2. The van der Waals surface area contributed by atoms with Crippen LogP contribution in [0.4, 0.5) is 5.69 Å². The smallest absolute Gasteiger partial charge is 0.280 e. The molecule has 6 nitrogen and oxygen atoms in total. The van der Waals surface area contributed by atoms with Crippen molar-refractivity contribution in [3.8, 4) is 0 Å². The van der Waals surface area contributed by atoms with Gasteiger partial charge in [0.2, 0.25) is 0 Å². The number of rotatable bonds is 5. The van der Waals surface area contributed by atoms with E-state index in [2.05, 4.69) is 9.71 Å². The lowest BCUT2D eigenvalue weighted by Gasteiger charge is -2.07. The highest BCUT2D eigenvalue weighted by Gasteiger charge is 2.19. The SMILES string of the molecule is CCn1cc(S(=O)(=O)Nc2cccc(C(N)=S)c2)nc1C. The number of anilines is 1. The van der Waals surface area contributed by atoms with E-state index in [4.69, 9.17) is 18.0 Å². The van der Waals surface area contributed by atoms with Crippen LogP contribution in [0.1, 0.15) is 18.3 Å². The lowest BCUT2D eigenvalue weighted by atomic mass is 10.2. The standard InChI is InChI=1S/C13H16N4O2S2/c1-3-17-8-12(15-9(17)2)21(18,19)16-11-6-4-5-10(7-11)13(14)20/h4-8,16H,3H2,1-2H3,(H2,14,20). The minimum absolute atomic E-state index is 0.0115. The zero-order valence-electron chi connectivity index (χ0n) is 11.7. The Balaban J connectivity index is 2.32. The second kappa shape index (κ2) is 5.82. The predicted octanol–water partition coefficient (Wildman–Crippen LogP) is 1.65. The summed E-state index contributed by atoms with van der Waals surface area (Å²) in [7, 11) is -3.73. The number of aromatic nitrogens is 2. The number of nitrogens with zero attached hydrogens (tertiary/aromatic N) is 2. The van der Waals surface area contributed by atoms with E-state index in [0.717, 1.165) is 0 Å². The van der Waals surface area contributed by atoms with E-state index in [-0.39, 0.29) is 10.0 Å². The largest absolute Gasteiger partial charge is 0.389 e. The Morgan fingerprint density at radius 3 is 2.76 bits per heavy atom. The lowest BCUT2D eigenvalue weighted by Crippen LogP contribution is -2.15. The molecule has 0 saturated heterocycles. The molecule has 1 aromatic carbocycles. The van der Waals surface area contributed by atoms with Crippen LogP contribution < -0.4 is 10.5 Å². The number of sulfonamides is 1. The second-order valence-corrected chi connectivity index (χ2v) is 6.53. The van der Waals surface area contributed by atoms with Crippen LogP contribution in [0.3, 0.4) is 0 Å². The van der Waals surface area contributed by atoms with Crippen LogP contribution in [-0.4, -0.2) is 23.0 Å². The molecule has 3 N–H and O–H groups in total. The molecule has 1 heterocycles. The molecule has 1 aromatic heterocycles. The third kappa shape index (κ3) is 3.40. The quantitative estimate of drug-likeness (QED) is 0.816. The molecule has 0 unspecified atom stereocenters. The molecule has 2 aromatic rings. The topological polar surface area (TPSA) is 90.0 Å². The van der Waals surface area contributed by atoms with Crippen molar-refractivity contribution in [2.45, 2.75) is 25.4 Å². The van der Waals surface area contributed by atoms with Crippen LogP contribution in [0.25, 0.3) is 0 Å². The van der Waals surface area contributed by atoms with Crippen LogP contribution in [0, 0.1) is 6.92 Å². The van der Waals surface area contributed by atoms with Crippen molar-refractivity contribution in [3.05, 3.63) is 41.9 Å². The number of hydrogen-bond donors (Lipinski definition) is 2. The van der Waals surface area contributed by atoms with Crippen molar-refractivity contribution >= 4 is 32.9 Å². The summed E-state index contributed by atoms with van der Waals surface area (Å²) in [6, 6.07) is 6.62. The Morgan fingerprint density at radius 1 is 1.48 bits per heavy atom. The van der Waals surface area contributed by atoms with Gasteiger partial charge in [-0.1, -0.05) is 24.4 Å². The van der Waals surface area contributed by atoms with Crippen molar-refractivity contribution in [3.63, 3.8) is 0 Å². The van der Waals surface area contributed by atoms with Crippen molar-refractivity contribution in [2.24, 2.45) is 5.73 Å². The number of nitrogens with two attached hydrogens (primary N) is 1. The average Bonchev–Trinajstić information content (AvgIpc) is 2.80. The van der Waals surface area contributed by atoms with E-state index in [0.29, 0.717) is 23.6 Å². The lowest BCUT2D eigenvalue weighted by molar-refractivity contribution is 0.598. The minimum Gasteiger partial charge on any atom is -0.389 e. The van der Waals surface area contributed by atoms with Crippen molar-refractivity contribution in [1.82, 2.24) is 9.55 Å². The van der Waals surface area contributed by atoms with Gasteiger partial charge in [-0.3, -0.25) is 4.72 Å². The van der Waals surface area contributed by atoms with Gasteiger partial charge >= 0.3 is 0 Å². The monoisotopic (exact) mass is 324 g/mol. The summed E-state index contributed by atoms with van der Waals surface area (Å²) in [5.74, 6) is 0.648. The fourth-order valence-corrected chi connectivity index (χ4v) is 3.06. The minimum atomic E-state index is -3.73. The first-order chi connectivity index (χ1) is 9.83. The van der Waals surface area contributed by atoms with Gasteiger partial charge in [0, 0.05) is 24.0 Å². The Morgan fingerprint density at radius 2 is 2.19 bits per heavy atom. The first-order valence-electron chi connectivity index (χ1n) is 6.30. The normalized spacial score (nSPS) is 11.3. The van der Waals surface area contributed by atoms with Gasteiger partial charge in [-0.15, -0.1) is 0 Å². The zero-order valence-corrected chi connectivity index (χ0v) is 13.3. The number of hydrogen-bond acceptors (Lipinski definition) is 4. The van der Waals surface area contributed by atoms with Gasteiger partial charge in [-0.2, -0.15) is 8.42 Å². The number of aryl methyl sites for hydroxylation is 2. The highest BCUT2D eigenvalue weighted by molar-refractivity contribution is 7.92. The van der Waals surface area contributed by atoms with E-state index < -0.39 is 10.0 Å². The van der Waals surface area contributed by atoms with Crippen molar-refractivity contribution < 1.29 is 8.42 Å². The molecule has 112 valence electrons. The molecule has 0 amide bonds. The molecule has 0 aliphatic carbocycles. The van der Waals surface area contributed by atoms with E-state index in [1.54, 1.807) is 35.8 Å². The van der Waals surface area contributed by atoms with Gasteiger partial charge in [0.1, 0.15) is 10.8 Å². The van der Waals surface area contributed by atoms with Crippen LogP contribution in [0.15, 0.2) is 35.5 Å². The molecule has 0 bridgehead atoms. The molecule has 21 heavy (non-hydrogen) atoms. The number of thiocarbonyl (C=S) groups is 1. The highest BCUT2D eigenvalue weighted by Crippen LogP contribution is 2.17. The van der Waals surface area contributed by atoms with E-state index >= 15 is 0 Å². The van der Waals surface area contributed by atoms with Crippen LogP contribution in [0.5, 0.6) is 0 Å². The Bertz CT molecular complexity index is 781. The Kier molecular flexibility index (Phi) is 4.29. The summed E-state index contributed by atoms with van der Waals surface area (Å²) < 4.78 is 28.9. The summed E-state index contributed by atoms with van der Waals surface area (Å²) >= 11 is 4.88. The second-order valence-electron chi connectivity index (χ2n) is 4.46. The van der Waals surface area contributed by atoms with Crippen molar-refractivity contribution in [2.75, 3.05) is 4.72 Å². The first kappa shape index (κ1) is 15.5. The molecule has 0 fully saturated rings. The molecule has 0 radical (unpaired) electrons. The third-order valence-electron chi connectivity index (χ3n) is 2.97. The van der Waals surface area contributed by atoms with Crippen LogP contribution in [0.2, 0.25) is 0 Å². The molecule has 0 spiro atoms. The van der Waals surface area contributed by atoms with Crippen LogP contribution in [-0.2, 0) is 16.6 Å². The highest BCUT2D eigenvalue weighted by atomic mass is 32.2. The van der Waals surface area contributed by atoms with Gasteiger partial charge in [-0.05, 0) is 26.0 Å². The summed E-state index contributed by atoms with van der Waals surface area (Å²) in [6.07, 6.45) is 1.51. The summed E-state index contributed by atoms with van der Waals surface area (Å²) in [4.78, 5) is 4.28. The Hall–Kier alpha value is -1.93.